The Morgan fingerprint density at radius 3 is 2.38 bits per heavy atom. The van der Waals surface area contributed by atoms with Crippen LogP contribution in [0.4, 0.5) is 0 Å². The summed E-state index contributed by atoms with van der Waals surface area (Å²) in [6.45, 7) is 5.31. The zero-order valence-electron chi connectivity index (χ0n) is 14.1. The SMILES string of the molecule is CCOc1cc(CNCc2ccc3c(c2)OCCO3)ccc1OC. The molecule has 0 amide bonds. The van der Waals surface area contributed by atoms with Gasteiger partial charge in [-0.1, -0.05) is 12.1 Å². The van der Waals surface area contributed by atoms with Gasteiger partial charge in [0.2, 0.25) is 0 Å². The summed E-state index contributed by atoms with van der Waals surface area (Å²) in [6.07, 6.45) is 0. The summed E-state index contributed by atoms with van der Waals surface area (Å²) in [7, 11) is 1.65. The van der Waals surface area contributed by atoms with Gasteiger partial charge in [-0.3, -0.25) is 0 Å². The molecular weight excluding hydrogens is 306 g/mol. The standard InChI is InChI=1S/C19H23NO4/c1-3-22-18-10-14(4-6-16(18)21-2)12-20-13-15-5-7-17-19(11-15)24-9-8-23-17/h4-7,10-11,20H,3,8-9,12-13H2,1-2H3. The first-order valence-corrected chi connectivity index (χ1v) is 8.19. The monoisotopic (exact) mass is 329 g/mol. The van der Waals surface area contributed by atoms with Gasteiger partial charge in [-0.25, -0.2) is 0 Å². The van der Waals surface area contributed by atoms with Crippen molar-refractivity contribution in [2.75, 3.05) is 26.9 Å². The fourth-order valence-electron chi connectivity index (χ4n) is 2.65. The molecule has 0 bridgehead atoms. The highest BCUT2D eigenvalue weighted by molar-refractivity contribution is 5.44. The zero-order valence-corrected chi connectivity index (χ0v) is 14.1. The zero-order chi connectivity index (χ0) is 16.8. The lowest BCUT2D eigenvalue weighted by Crippen LogP contribution is -2.16. The first kappa shape index (κ1) is 16.5. The second-order valence-corrected chi connectivity index (χ2v) is 5.50. The molecule has 1 N–H and O–H groups in total. The second kappa shape index (κ2) is 7.93. The highest BCUT2D eigenvalue weighted by Gasteiger charge is 2.11. The van der Waals surface area contributed by atoms with Crippen LogP contribution in [0, 0.1) is 0 Å². The molecular formula is C19H23NO4. The summed E-state index contributed by atoms with van der Waals surface area (Å²) < 4.78 is 22.1. The van der Waals surface area contributed by atoms with Crippen LogP contribution in [0.2, 0.25) is 0 Å². The van der Waals surface area contributed by atoms with Crippen LogP contribution in [0.5, 0.6) is 23.0 Å². The predicted octanol–water partition coefficient (Wildman–Crippen LogP) is 3.15. The Labute approximate surface area is 142 Å². The van der Waals surface area contributed by atoms with Crippen molar-refractivity contribution in [1.82, 2.24) is 5.32 Å². The van der Waals surface area contributed by atoms with Crippen LogP contribution < -0.4 is 24.3 Å². The minimum absolute atomic E-state index is 0.607. The smallest absolute Gasteiger partial charge is 0.161 e. The number of hydrogen-bond donors (Lipinski definition) is 1. The van der Waals surface area contributed by atoms with Crippen LogP contribution >= 0.6 is 0 Å². The molecule has 1 aliphatic rings. The van der Waals surface area contributed by atoms with Crippen LogP contribution in [-0.4, -0.2) is 26.9 Å². The van der Waals surface area contributed by atoms with E-state index in [2.05, 4.69) is 11.4 Å². The highest BCUT2D eigenvalue weighted by atomic mass is 16.6. The van der Waals surface area contributed by atoms with E-state index < -0.39 is 0 Å². The van der Waals surface area contributed by atoms with Gasteiger partial charge in [0.05, 0.1) is 13.7 Å². The van der Waals surface area contributed by atoms with Crippen molar-refractivity contribution >= 4 is 0 Å². The molecule has 0 saturated heterocycles. The Morgan fingerprint density at radius 2 is 1.62 bits per heavy atom. The van der Waals surface area contributed by atoms with Gasteiger partial charge in [0.15, 0.2) is 23.0 Å². The molecule has 5 heteroatoms. The van der Waals surface area contributed by atoms with Crippen LogP contribution in [0.1, 0.15) is 18.1 Å². The fourth-order valence-corrected chi connectivity index (χ4v) is 2.65. The summed E-state index contributed by atoms with van der Waals surface area (Å²) in [5.74, 6) is 3.18. The van der Waals surface area contributed by atoms with Crippen LogP contribution in [0.15, 0.2) is 36.4 Å². The van der Waals surface area contributed by atoms with E-state index in [-0.39, 0.29) is 0 Å². The second-order valence-electron chi connectivity index (χ2n) is 5.50. The summed E-state index contributed by atoms with van der Waals surface area (Å²) >= 11 is 0. The molecule has 128 valence electrons. The average molecular weight is 329 g/mol. The van der Waals surface area contributed by atoms with Gasteiger partial charge in [-0.15, -0.1) is 0 Å². The molecule has 2 aromatic rings. The Kier molecular flexibility index (Phi) is 5.43. The molecule has 0 atom stereocenters. The molecule has 0 fully saturated rings. The van der Waals surface area contributed by atoms with Gasteiger partial charge in [0, 0.05) is 13.1 Å². The number of ether oxygens (including phenoxy) is 4. The van der Waals surface area contributed by atoms with Crippen LogP contribution in [0.3, 0.4) is 0 Å². The van der Waals surface area contributed by atoms with Gasteiger partial charge < -0.3 is 24.3 Å². The number of rotatable bonds is 7. The Bertz CT molecular complexity index is 687. The van der Waals surface area contributed by atoms with Gasteiger partial charge >= 0.3 is 0 Å². The van der Waals surface area contributed by atoms with E-state index >= 15 is 0 Å². The molecule has 0 aliphatic carbocycles. The average Bonchev–Trinajstić information content (AvgIpc) is 2.62. The van der Waals surface area contributed by atoms with E-state index in [1.54, 1.807) is 7.11 Å². The van der Waals surface area contributed by atoms with Crippen molar-refractivity contribution in [3.63, 3.8) is 0 Å². The lowest BCUT2D eigenvalue weighted by Gasteiger charge is -2.19. The number of methoxy groups -OCH3 is 1. The normalized spacial score (nSPS) is 12.8. The number of hydrogen-bond acceptors (Lipinski definition) is 5. The molecule has 2 aromatic carbocycles. The molecule has 1 heterocycles. The summed E-state index contributed by atoms with van der Waals surface area (Å²) in [4.78, 5) is 0. The third-order valence-corrected chi connectivity index (χ3v) is 3.79. The molecule has 0 aromatic heterocycles. The van der Waals surface area contributed by atoms with E-state index in [0.717, 1.165) is 47.2 Å². The molecule has 0 spiro atoms. The van der Waals surface area contributed by atoms with Crippen molar-refractivity contribution in [3.8, 4) is 23.0 Å². The van der Waals surface area contributed by atoms with Crippen LogP contribution in [-0.2, 0) is 13.1 Å². The fraction of sp³-hybridized carbons (Fsp3) is 0.368. The van der Waals surface area contributed by atoms with Gasteiger partial charge in [0.25, 0.3) is 0 Å². The molecule has 24 heavy (non-hydrogen) atoms. The molecule has 3 rings (SSSR count). The lowest BCUT2D eigenvalue weighted by atomic mass is 10.1. The molecule has 5 nitrogen and oxygen atoms in total. The minimum Gasteiger partial charge on any atom is -0.493 e. The number of nitrogens with one attached hydrogen (secondary N) is 1. The summed E-state index contributed by atoms with van der Waals surface area (Å²) in [5, 5.41) is 3.44. The van der Waals surface area contributed by atoms with Crippen molar-refractivity contribution in [3.05, 3.63) is 47.5 Å². The molecule has 0 saturated carbocycles. The largest absolute Gasteiger partial charge is 0.493 e. The van der Waals surface area contributed by atoms with E-state index in [1.807, 2.05) is 37.3 Å². The molecule has 1 aliphatic heterocycles. The van der Waals surface area contributed by atoms with Crippen molar-refractivity contribution in [2.24, 2.45) is 0 Å². The summed E-state index contributed by atoms with van der Waals surface area (Å²) in [6, 6.07) is 12.0. The first-order chi connectivity index (χ1) is 11.8. The van der Waals surface area contributed by atoms with Gasteiger partial charge in [-0.2, -0.15) is 0 Å². The maximum Gasteiger partial charge on any atom is 0.161 e. The Morgan fingerprint density at radius 1 is 0.917 bits per heavy atom. The third-order valence-electron chi connectivity index (χ3n) is 3.79. The highest BCUT2D eigenvalue weighted by Crippen LogP contribution is 2.31. The van der Waals surface area contributed by atoms with E-state index in [9.17, 15) is 0 Å². The summed E-state index contributed by atoms with van der Waals surface area (Å²) in [5.41, 5.74) is 2.31. The van der Waals surface area contributed by atoms with E-state index in [0.29, 0.717) is 19.8 Å². The van der Waals surface area contributed by atoms with Gasteiger partial charge in [-0.05, 0) is 42.3 Å². The lowest BCUT2D eigenvalue weighted by molar-refractivity contribution is 0.171. The maximum atomic E-state index is 5.61. The van der Waals surface area contributed by atoms with E-state index in [4.69, 9.17) is 18.9 Å². The van der Waals surface area contributed by atoms with Crippen molar-refractivity contribution < 1.29 is 18.9 Å². The van der Waals surface area contributed by atoms with Crippen molar-refractivity contribution in [1.29, 1.82) is 0 Å². The Hall–Kier alpha value is -2.40. The predicted molar refractivity (Wildman–Crippen MR) is 92.1 cm³/mol. The number of benzene rings is 2. The third kappa shape index (κ3) is 3.92. The van der Waals surface area contributed by atoms with Crippen LogP contribution in [0.25, 0.3) is 0 Å². The molecule has 0 unspecified atom stereocenters. The minimum atomic E-state index is 0.607. The van der Waals surface area contributed by atoms with Crippen molar-refractivity contribution in [2.45, 2.75) is 20.0 Å². The first-order valence-electron chi connectivity index (χ1n) is 8.19. The maximum absolute atomic E-state index is 5.61. The number of fused-ring (bicyclic) bond motifs is 1. The quantitative estimate of drug-likeness (QED) is 0.845. The topological polar surface area (TPSA) is 49.0 Å². The van der Waals surface area contributed by atoms with E-state index in [1.165, 1.54) is 0 Å². The molecule has 0 radical (unpaired) electrons. The van der Waals surface area contributed by atoms with Gasteiger partial charge in [0.1, 0.15) is 13.2 Å². The Balaban J connectivity index is 1.59.